The predicted molar refractivity (Wildman–Crippen MR) is 75.7 cm³/mol. The summed E-state index contributed by atoms with van der Waals surface area (Å²) in [5.74, 6) is -0.128. The summed E-state index contributed by atoms with van der Waals surface area (Å²) in [6, 6.07) is 6.36. The van der Waals surface area contributed by atoms with Crippen LogP contribution in [-0.4, -0.2) is 25.4 Å². The molecule has 100 valence electrons. The van der Waals surface area contributed by atoms with Crippen LogP contribution in [0.3, 0.4) is 0 Å². The maximum absolute atomic E-state index is 11.9. The van der Waals surface area contributed by atoms with Gasteiger partial charge in [0.1, 0.15) is 0 Å². The summed E-state index contributed by atoms with van der Waals surface area (Å²) in [6.07, 6.45) is 1.12. The van der Waals surface area contributed by atoms with Crippen molar-refractivity contribution in [1.82, 2.24) is 0 Å². The molecule has 6 heteroatoms. The third kappa shape index (κ3) is 3.81. The fourth-order valence-electron chi connectivity index (χ4n) is 1.40. The lowest BCUT2D eigenvalue weighted by Gasteiger charge is -2.15. The van der Waals surface area contributed by atoms with Gasteiger partial charge in [0.05, 0.1) is 15.4 Å². The molecular formula is C12H16BrNO3S. The molecule has 1 N–H and O–H groups in total. The maximum atomic E-state index is 11.9. The smallest absolute Gasteiger partial charge is 0.238 e. The summed E-state index contributed by atoms with van der Waals surface area (Å²) in [7, 11) is -3.36. The lowest BCUT2D eigenvalue weighted by Crippen LogP contribution is -2.27. The molecule has 0 aliphatic rings. The molecule has 0 radical (unpaired) electrons. The molecule has 1 aromatic carbocycles. The molecule has 0 aromatic heterocycles. The minimum absolute atomic E-state index is 0.121. The molecule has 1 atom stereocenters. The Morgan fingerprint density at radius 1 is 1.28 bits per heavy atom. The molecule has 1 amide bonds. The fourth-order valence-corrected chi connectivity index (χ4v) is 2.36. The lowest BCUT2D eigenvalue weighted by molar-refractivity contribution is -0.116. The van der Waals surface area contributed by atoms with Gasteiger partial charge in [0.25, 0.3) is 0 Å². The van der Waals surface area contributed by atoms with Crippen molar-refractivity contribution in [3.8, 4) is 0 Å². The van der Waals surface area contributed by atoms with Gasteiger partial charge >= 0.3 is 0 Å². The van der Waals surface area contributed by atoms with E-state index in [4.69, 9.17) is 0 Å². The number of para-hydroxylation sites is 1. The van der Waals surface area contributed by atoms with E-state index in [1.54, 1.807) is 18.2 Å². The zero-order valence-corrected chi connectivity index (χ0v) is 12.9. The second kappa shape index (κ2) is 5.84. The van der Waals surface area contributed by atoms with Crippen LogP contribution in [0.25, 0.3) is 0 Å². The van der Waals surface area contributed by atoms with Gasteiger partial charge in [-0.1, -0.05) is 41.9 Å². The van der Waals surface area contributed by atoms with Crippen molar-refractivity contribution in [2.75, 3.05) is 11.6 Å². The largest absolute Gasteiger partial charge is 0.324 e. The number of carbonyl (C=O) groups excluding carboxylic acids is 1. The summed E-state index contributed by atoms with van der Waals surface area (Å²) in [4.78, 5) is 11.7. The zero-order valence-electron chi connectivity index (χ0n) is 10.5. The van der Waals surface area contributed by atoms with Crippen LogP contribution in [0, 0.1) is 5.92 Å². The number of halogens is 1. The van der Waals surface area contributed by atoms with Gasteiger partial charge in [0.2, 0.25) is 5.91 Å². The summed E-state index contributed by atoms with van der Waals surface area (Å²) in [5.41, 5.74) is 0.315. The molecule has 0 saturated heterocycles. The van der Waals surface area contributed by atoms with E-state index in [-0.39, 0.29) is 21.5 Å². The van der Waals surface area contributed by atoms with Gasteiger partial charge in [-0.2, -0.15) is 0 Å². The second-order valence-corrected chi connectivity index (χ2v) is 7.37. The summed E-state index contributed by atoms with van der Waals surface area (Å²) < 4.78 is 23.2. The van der Waals surface area contributed by atoms with Crippen LogP contribution in [0.4, 0.5) is 5.69 Å². The van der Waals surface area contributed by atoms with E-state index in [1.807, 2.05) is 13.8 Å². The SMILES string of the molecule is CC(C)C(Br)C(=O)Nc1ccccc1S(C)(=O)=O. The molecule has 1 unspecified atom stereocenters. The van der Waals surface area contributed by atoms with Crippen LogP contribution < -0.4 is 5.32 Å². The lowest BCUT2D eigenvalue weighted by atomic mass is 10.1. The number of alkyl halides is 1. The average molecular weight is 334 g/mol. The number of sulfone groups is 1. The molecule has 1 rings (SSSR count). The quantitative estimate of drug-likeness (QED) is 0.861. The van der Waals surface area contributed by atoms with Crippen molar-refractivity contribution < 1.29 is 13.2 Å². The summed E-state index contributed by atoms with van der Waals surface area (Å²) >= 11 is 3.28. The standard InChI is InChI=1S/C12H16BrNO3S/c1-8(2)11(13)12(15)14-9-6-4-5-7-10(9)18(3,16)17/h4-8,11H,1-3H3,(H,14,15). The number of benzene rings is 1. The number of rotatable bonds is 4. The number of carbonyl (C=O) groups is 1. The Labute approximate surface area is 116 Å². The van der Waals surface area contributed by atoms with Gasteiger partial charge in [0.15, 0.2) is 9.84 Å². The molecule has 0 aliphatic carbocycles. The van der Waals surface area contributed by atoms with E-state index in [2.05, 4.69) is 21.2 Å². The maximum Gasteiger partial charge on any atom is 0.238 e. The highest BCUT2D eigenvalue weighted by molar-refractivity contribution is 9.10. The Balaban J connectivity index is 3.03. The van der Waals surface area contributed by atoms with Crippen LogP contribution in [-0.2, 0) is 14.6 Å². The van der Waals surface area contributed by atoms with Crippen molar-refractivity contribution in [3.63, 3.8) is 0 Å². The van der Waals surface area contributed by atoms with Gasteiger partial charge < -0.3 is 5.32 Å². The third-order valence-electron chi connectivity index (χ3n) is 2.38. The predicted octanol–water partition coefficient (Wildman–Crippen LogP) is 2.45. The van der Waals surface area contributed by atoms with Gasteiger partial charge in [-0.25, -0.2) is 8.42 Å². The Bertz CT molecular complexity index is 540. The van der Waals surface area contributed by atoms with Crippen molar-refractivity contribution >= 4 is 37.4 Å². The minimum Gasteiger partial charge on any atom is -0.324 e. The van der Waals surface area contributed by atoms with E-state index in [9.17, 15) is 13.2 Å². The van der Waals surface area contributed by atoms with Gasteiger partial charge in [-0.05, 0) is 18.1 Å². The van der Waals surface area contributed by atoms with Crippen molar-refractivity contribution in [2.24, 2.45) is 5.92 Å². The van der Waals surface area contributed by atoms with Gasteiger partial charge in [0, 0.05) is 6.26 Å². The summed E-state index contributed by atoms with van der Waals surface area (Å²) in [6.45, 7) is 3.81. The molecular weight excluding hydrogens is 318 g/mol. The van der Waals surface area contributed by atoms with Gasteiger partial charge in [-0.3, -0.25) is 4.79 Å². The van der Waals surface area contributed by atoms with Gasteiger partial charge in [-0.15, -0.1) is 0 Å². The number of hydrogen-bond donors (Lipinski definition) is 1. The Morgan fingerprint density at radius 3 is 2.33 bits per heavy atom. The fraction of sp³-hybridized carbons (Fsp3) is 0.417. The average Bonchev–Trinajstić information content (AvgIpc) is 2.27. The zero-order chi connectivity index (χ0) is 13.9. The van der Waals surface area contributed by atoms with Crippen LogP contribution in [0.15, 0.2) is 29.2 Å². The molecule has 1 aromatic rings. The van der Waals surface area contributed by atoms with E-state index in [0.717, 1.165) is 6.26 Å². The highest BCUT2D eigenvalue weighted by Gasteiger charge is 2.21. The molecule has 18 heavy (non-hydrogen) atoms. The monoisotopic (exact) mass is 333 g/mol. The van der Waals surface area contributed by atoms with Crippen LogP contribution in [0.2, 0.25) is 0 Å². The molecule has 0 bridgehead atoms. The molecule has 0 fully saturated rings. The van der Waals surface area contributed by atoms with Crippen LogP contribution >= 0.6 is 15.9 Å². The first-order valence-electron chi connectivity index (χ1n) is 5.47. The van der Waals surface area contributed by atoms with Crippen LogP contribution in [0.1, 0.15) is 13.8 Å². The molecule has 0 saturated carbocycles. The highest BCUT2D eigenvalue weighted by atomic mass is 79.9. The Hall–Kier alpha value is -0.880. The second-order valence-electron chi connectivity index (χ2n) is 4.40. The van der Waals surface area contributed by atoms with Crippen LogP contribution in [0.5, 0.6) is 0 Å². The minimum atomic E-state index is -3.36. The molecule has 0 aliphatic heterocycles. The molecule has 0 heterocycles. The van der Waals surface area contributed by atoms with Crippen molar-refractivity contribution in [3.05, 3.63) is 24.3 Å². The first-order valence-corrected chi connectivity index (χ1v) is 8.28. The number of amides is 1. The van der Waals surface area contributed by atoms with Crippen molar-refractivity contribution in [2.45, 2.75) is 23.6 Å². The molecule has 0 spiro atoms. The third-order valence-corrected chi connectivity index (χ3v) is 5.01. The van der Waals surface area contributed by atoms with E-state index in [1.165, 1.54) is 6.07 Å². The summed E-state index contributed by atoms with van der Waals surface area (Å²) in [5, 5.41) is 2.63. The molecule has 4 nitrogen and oxygen atoms in total. The van der Waals surface area contributed by atoms with E-state index in [0.29, 0.717) is 5.69 Å². The Kier molecular flexibility index (Phi) is 4.92. The topological polar surface area (TPSA) is 63.2 Å². The number of nitrogens with one attached hydrogen (secondary N) is 1. The number of hydrogen-bond acceptors (Lipinski definition) is 3. The highest BCUT2D eigenvalue weighted by Crippen LogP contribution is 2.22. The first-order chi connectivity index (χ1) is 8.23. The number of anilines is 1. The first kappa shape index (κ1) is 15.2. The van der Waals surface area contributed by atoms with E-state index >= 15 is 0 Å². The Morgan fingerprint density at radius 2 is 1.83 bits per heavy atom. The van der Waals surface area contributed by atoms with Crippen molar-refractivity contribution in [1.29, 1.82) is 0 Å². The normalized spacial score (nSPS) is 13.4. The van der Waals surface area contributed by atoms with E-state index < -0.39 is 9.84 Å².